The molecule has 1 fully saturated rings. The van der Waals surface area contributed by atoms with Gasteiger partial charge >= 0.3 is 0 Å². The number of rotatable bonds is 6. The molecule has 0 aliphatic carbocycles. The fourth-order valence-electron chi connectivity index (χ4n) is 4.18. The lowest BCUT2D eigenvalue weighted by atomic mass is 10.1. The van der Waals surface area contributed by atoms with E-state index in [-0.39, 0.29) is 5.91 Å². The summed E-state index contributed by atoms with van der Waals surface area (Å²) >= 11 is 0. The van der Waals surface area contributed by atoms with Crippen molar-refractivity contribution >= 4 is 23.0 Å². The molecule has 34 heavy (non-hydrogen) atoms. The van der Waals surface area contributed by atoms with E-state index in [0.717, 1.165) is 60.8 Å². The number of anilines is 3. The Kier molecular flexibility index (Phi) is 7.46. The highest BCUT2D eigenvalue weighted by molar-refractivity contribution is 6.04. The summed E-state index contributed by atoms with van der Waals surface area (Å²) in [5.74, 6) is -0.125. The highest BCUT2D eigenvalue weighted by atomic mass is 16.1. The summed E-state index contributed by atoms with van der Waals surface area (Å²) in [5.41, 5.74) is 6.11. The standard InChI is InChI=1S/C28H31N5O/c1-21-7-8-24(20-30-25-6-3-5-22(18-25)19-29)27(17-21)31-28(34)23-9-11-26(12-10-23)33-14-4-13-32(2)15-16-33/h3,5-12,17-18,30H,4,13-16,20H2,1-2H3,(H,31,34). The summed E-state index contributed by atoms with van der Waals surface area (Å²) in [6.07, 6.45) is 1.14. The Bertz CT molecular complexity index is 1180. The molecule has 0 atom stereocenters. The second-order valence-electron chi connectivity index (χ2n) is 8.85. The van der Waals surface area contributed by atoms with Crippen molar-refractivity contribution in [1.29, 1.82) is 5.26 Å². The maximum Gasteiger partial charge on any atom is 0.255 e. The van der Waals surface area contributed by atoms with E-state index in [9.17, 15) is 4.79 Å². The Hall–Kier alpha value is -3.82. The first-order chi connectivity index (χ1) is 16.5. The minimum atomic E-state index is -0.125. The van der Waals surface area contributed by atoms with E-state index in [0.29, 0.717) is 17.7 Å². The highest BCUT2D eigenvalue weighted by Gasteiger charge is 2.14. The van der Waals surface area contributed by atoms with Crippen molar-refractivity contribution in [2.45, 2.75) is 19.9 Å². The molecule has 1 aliphatic heterocycles. The molecule has 0 saturated carbocycles. The number of carbonyl (C=O) groups is 1. The fraction of sp³-hybridized carbons (Fsp3) is 0.286. The van der Waals surface area contributed by atoms with E-state index >= 15 is 0 Å². The average molecular weight is 454 g/mol. The maximum absolute atomic E-state index is 13.0. The van der Waals surface area contributed by atoms with Gasteiger partial charge in [-0.3, -0.25) is 4.79 Å². The fourth-order valence-corrected chi connectivity index (χ4v) is 4.18. The maximum atomic E-state index is 13.0. The van der Waals surface area contributed by atoms with Gasteiger partial charge in [-0.25, -0.2) is 0 Å². The van der Waals surface area contributed by atoms with E-state index in [1.807, 2.05) is 67.6 Å². The van der Waals surface area contributed by atoms with Crippen molar-refractivity contribution in [2.75, 3.05) is 48.8 Å². The van der Waals surface area contributed by atoms with Crippen LogP contribution in [0.3, 0.4) is 0 Å². The van der Waals surface area contributed by atoms with Crippen molar-refractivity contribution in [1.82, 2.24) is 4.90 Å². The van der Waals surface area contributed by atoms with E-state index in [4.69, 9.17) is 5.26 Å². The van der Waals surface area contributed by atoms with Gasteiger partial charge < -0.3 is 20.4 Å². The highest BCUT2D eigenvalue weighted by Crippen LogP contribution is 2.22. The zero-order valence-electron chi connectivity index (χ0n) is 19.8. The van der Waals surface area contributed by atoms with Crippen LogP contribution in [0.2, 0.25) is 0 Å². The first kappa shape index (κ1) is 23.3. The van der Waals surface area contributed by atoms with Crippen molar-refractivity contribution in [3.8, 4) is 6.07 Å². The number of hydrogen-bond donors (Lipinski definition) is 2. The van der Waals surface area contributed by atoms with Gasteiger partial charge in [0.15, 0.2) is 0 Å². The molecule has 6 nitrogen and oxygen atoms in total. The first-order valence-corrected chi connectivity index (χ1v) is 11.7. The number of likely N-dealkylation sites (N-methyl/N-ethyl adjacent to an activating group) is 1. The summed E-state index contributed by atoms with van der Waals surface area (Å²) in [5, 5.41) is 15.6. The number of nitrogens with one attached hydrogen (secondary N) is 2. The van der Waals surface area contributed by atoms with Crippen LogP contribution in [0.15, 0.2) is 66.7 Å². The summed E-state index contributed by atoms with van der Waals surface area (Å²) in [6.45, 7) is 6.75. The second kappa shape index (κ2) is 10.9. The minimum Gasteiger partial charge on any atom is -0.381 e. The van der Waals surface area contributed by atoms with Crippen LogP contribution in [-0.4, -0.2) is 44.0 Å². The Morgan fingerprint density at radius 2 is 1.82 bits per heavy atom. The third kappa shape index (κ3) is 5.94. The van der Waals surface area contributed by atoms with Crippen LogP contribution in [0.4, 0.5) is 17.1 Å². The normalized spacial score (nSPS) is 14.2. The molecule has 6 heteroatoms. The Morgan fingerprint density at radius 1 is 1.00 bits per heavy atom. The summed E-state index contributed by atoms with van der Waals surface area (Å²) < 4.78 is 0. The minimum absolute atomic E-state index is 0.125. The zero-order valence-corrected chi connectivity index (χ0v) is 19.8. The number of nitriles is 1. The molecule has 4 rings (SSSR count). The van der Waals surface area contributed by atoms with E-state index in [1.165, 1.54) is 0 Å². The molecular formula is C28H31N5O. The number of hydrogen-bond acceptors (Lipinski definition) is 5. The molecule has 1 saturated heterocycles. The van der Waals surface area contributed by atoms with Crippen molar-refractivity contribution in [3.05, 3.63) is 89.0 Å². The third-order valence-electron chi connectivity index (χ3n) is 6.20. The van der Waals surface area contributed by atoms with Gasteiger partial charge in [-0.15, -0.1) is 0 Å². The van der Waals surface area contributed by atoms with Crippen LogP contribution in [0, 0.1) is 18.3 Å². The van der Waals surface area contributed by atoms with Crippen LogP contribution in [0.25, 0.3) is 0 Å². The lowest BCUT2D eigenvalue weighted by Crippen LogP contribution is -2.28. The quantitative estimate of drug-likeness (QED) is 0.557. The monoisotopic (exact) mass is 453 g/mol. The van der Waals surface area contributed by atoms with Crippen molar-refractivity contribution in [2.24, 2.45) is 0 Å². The molecule has 1 heterocycles. The zero-order chi connectivity index (χ0) is 23.9. The van der Waals surface area contributed by atoms with Gasteiger partial charge in [-0.05, 0) is 86.6 Å². The van der Waals surface area contributed by atoms with Crippen LogP contribution >= 0.6 is 0 Å². The molecule has 0 aromatic heterocycles. The molecule has 0 radical (unpaired) electrons. The third-order valence-corrected chi connectivity index (χ3v) is 6.20. The topological polar surface area (TPSA) is 71.4 Å². The molecule has 3 aromatic rings. The summed E-state index contributed by atoms with van der Waals surface area (Å²) in [4.78, 5) is 17.8. The smallest absolute Gasteiger partial charge is 0.255 e. The lowest BCUT2D eigenvalue weighted by Gasteiger charge is -2.23. The Labute approximate surface area is 201 Å². The number of aryl methyl sites for hydroxylation is 1. The van der Waals surface area contributed by atoms with E-state index < -0.39 is 0 Å². The van der Waals surface area contributed by atoms with Gasteiger partial charge in [0, 0.05) is 48.8 Å². The van der Waals surface area contributed by atoms with Crippen LogP contribution in [-0.2, 0) is 6.54 Å². The first-order valence-electron chi connectivity index (χ1n) is 11.7. The van der Waals surface area contributed by atoms with Crippen LogP contribution in [0.1, 0.15) is 33.5 Å². The van der Waals surface area contributed by atoms with Gasteiger partial charge in [0.2, 0.25) is 0 Å². The van der Waals surface area contributed by atoms with Crippen molar-refractivity contribution in [3.63, 3.8) is 0 Å². The van der Waals surface area contributed by atoms with E-state index in [1.54, 1.807) is 6.07 Å². The predicted octanol–water partition coefficient (Wildman–Crippen LogP) is 4.87. The lowest BCUT2D eigenvalue weighted by molar-refractivity contribution is 0.102. The van der Waals surface area contributed by atoms with E-state index in [2.05, 4.69) is 33.6 Å². The SMILES string of the molecule is Cc1ccc(CNc2cccc(C#N)c2)c(NC(=O)c2ccc(N3CCCN(C)CC3)cc2)c1. The molecule has 1 aliphatic rings. The van der Waals surface area contributed by atoms with Crippen LogP contribution in [0.5, 0.6) is 0 Å². The molecule has 0 unspecified atom stereocenters. The predicted molar refractivity (Wildman–Crippen MR) is 138 cm³/mol. The molecule has 1 amide bonds. The van der Waals surface area contributed by atoms with Gasteiger partial charge in [0.1, 0.15) is 0 Å². The Morgan fingerprint density at radius 3 is 2.62 bits per heavy atom. The molecular weight excluding hydrogens is 422 g/mol. The number of nitrogens with zero attached hydrogens (tertiary/aromatic N) is 3. The van der Waals surface area contributed by atoms with Crippen LogP contribution < -0.4 is 15.5 Å². The van der Waals surface area contributed by atoms with Gasteiger partial charge in [-0.2, -0.15) is 5.26 Å². The average Bonchev–Trinajstić information content (AvgIpc) is 3.08. The Balaban J connectivity index is 1.44. The molecule has 0 spiro atoms. The molecule has 174 valence electrons. The number of amides is 1. The largest absolute Gasteiger partial charge is 0.381 e. The number of benzene rings is 3. The summed E-state index contributed by atoms with van der Waals surface area (Å²) in [6, 6.07) is 23.5. The van der Waals surface area contributed by atoms with Gasteiger partial charge in [0.05, 0.1) is 11.6 Å². The number of carbonyl (C=O) groups excluding carboxylic acids is 1. The summed E-state index contributed by atoms with van der Waals surface area (Å²) in [7, 11) is 2.16. The molecule has 0 bridgehead atoms. The molecule has 2 N–H and O–H groups in total. The van der Waals surface area contributed by atoms with Gasteiger partial charge in [-0.1, -0.05) is 18.2 Å². The molecule has 3 aromatic carbocycles. The van der Waals surface area contributed by atoms with Crippen molar-refractivity contribution < 1.29 is 4.79 Å². The van der Waals surface area contributed by atoms with Gasteiger partial charge in [0.25, 0.3) is 5.91 Å². The second-order valence-corrected chi connectivity index (χ2v) is 8.85.